The first-order valence-electron chi connectivity index (χ1n) is 19.2. The Balaban J connectivity index is 1.68. The zero-order chi connectivity index (χ0) is 44.3. The fourth-order valence-corrected chi connectivity index (χ4v) is 7.39. The summed E-state index contributed by atoms with van der Waals surface area (Å²) in [6.07, 6.45) is -20.8. The monoisotopic (exact) mass is 886 g/mol. The van der Waals surface area contributed by atoms with E-state index in [0.717, 1.165) is 43.5 Å². The molecule has 25 heteroatoms. The molecule has 9 N–H and O–H groups in total. The number of carbonyl (C=O) groups is 2. The average Bonchev–Trinajstić information content (AvgIpc) is 3.21. The van der Waals surface area contributed by atoms with Gasteiger partial charge in [0.05, 0.1) is 31.4 Å². The van der Waals surface area contributed by atoms with Crippen LogP contribution in [-0.4, -0.2) is 185 Å². The van der Waals surface area contributed by atoms with Crippen LogP contribution in [0.4, 0.5) is 5.69 Å². The molecular weight excluding hydrogens is 832 g/mol. The van der Waals surface area contributed by atoms with Crippen LogP contribution in [0.1, 0.15) is 62.2 Å². The third kappa shape index (κ3) is 13.2. The molecule has 1 aromatic rings. The van der Waals surface area contributed by atoms with Gasteiger partial charge in [0.15, 0.2) is 18.9 Å². The number of nitro benzene ring substituents is 1. The lowest BCUT2D eigenvalue weighted by molar-refractivity contribution is -0.384. The normalized spacial score (nSPS) is 34.8. The summed E-state index contributed by atoms with van der Waals surface area (Å²) in [5.74, 6) is -1.19. The number of rotatable bonds is 21. The Morgan fingerprint density at radius 3 is 1.95 bits per heavy atom. The van der Waals surface area contributed by atoms with Crippen LogP contribution in [0.3, 0.4) is 0 Å². The third-order valence-corrected chi connectivity index (χ3v) is 10.7. The van der Waals surface area contributed by atoms with Crippen LogP contribution in [0.5, 0.6) is 0 Å². The molecule has 342 valence electrons. The van der Waals surface area contributed by atoms with Crippen LogP contribution in [0.2, 0.25) is 0 Å². The Bertz CT molecular complexity index is 1640. The number of hydrogen-bond donors (Lipinski definition) is 9. The van der Waals surface area contributed by atoms with E-state index in [2.05, 4.69) is 14.2 Å². The van der Waals surface area contributed by atoms with Crippen molar-refractivity contribution in [2.24, 2.45) is 0 Å². The summed E-state index contributed by atoms with van der Waals surface area (Å²) < 4.78 is 77.4. The second-order valence-electron chi connectivity index (χ2n) is 14.4. The van der Waals surface area contributed by atoms with Gasteiger partial charge in [-0.25, -0.2) is 4.18 Å². The van der Waals surface area contributed by atoms with Gasteiger partial charge < -0.3 is 74.2 Å². The molecule has 0 saturated carbocycles. The number of nitrogens with zero attached hydrogens (tertiary/aromatic N) is 1. The number of methoxy groups -OCH3 is 1. The summed E-state index contributed by atoms with van der Waals surface area (Å²) in [7, 11) is -4.03. The minimum absolute atomic E-state index is 0.00716. The smallest absolute Gasteiger partial charge is 0.397 e. The Labute approximate surface area is 344 Å². The van der Waals surface area contributed by atoms with Crippen molar-refractivity contribution in [3.63, 3.8) is 0 Å². The number of nitrogens with one attached hydrogen (secondary N) is 1. The summed E-state index contributed by atoms with van der Waals surface area (Å²) in [5, 5.41) is 88.1. The van der Waals surface area contributed by atoms with E-state index in [0.29, 0.717) is 25.7 Å². The zero-order valence-electron chi connectivity index (χ0n) is 32.7. The number of benzene rings is 1. The van der Waals surface area contributed by atoms with E-state index in [1.165, 1.54) is 14.0 Å². The molecule has 60 heavy (non-hydrogen) atoms. The largest absolute Gasteiger partial charge is 0.469 e. The molecule has 3 saturated heterocycles. The molecule has 1 aromatic carbocycles. The highest BCUT2D eigenvalue weighted by atomic mass is 32.3. The summed E-state index contributed by atoms with van der Waals surface area (Å²) >= 11 is 0. The number of esters is 1. The van der Waals surface area contributed by atoms with Crippen molar-refractivity contribution >= 4 is 28.0 Å². The molecule has 0 radical (unpaired) electrons. The Kier molecular flexibility index (Phi) is 18.9. The highest BCUT2D eigenvalue weighted by Crippen LogP contribution is 2.35. The lowest BCUT2D eigenvalue weighted by atomic mass is 9.94. The molecule has 24 nitrogen and oxygen atoms in total. The van der Waals surface area contributed by atoms with Crippen molar-refractivity contribution < 1.29 is 101 Å². The van der Waals surface area contributed by atoms with Crippen LogP contribution in [-0.2, 0) is 52.5 Å². The van der Waals surface area contributed by atoms with Crippen molar-refractivity contribution in [2.45, 2.75) is 144 Å². The maximum atomic E-state index is 13.8. The predicted molar refractivity (Wildman–Crippen MR) is 197 cm³/mol. The van der Waals surface area contributed by atoms with E-state index < -0.39 is 126 Å². The number of non-ortho nitro benzene ring substituents is 1. The van der Waals surface area contributed by atoms with Crippen molar-refractivity contribution in [3.8, 4) is 0 Å². The molecule has 3 aliphatic heterocycles. The fourth-order valence-electron chi connectivity index (χ4n) is 6.88. The number of carbonyl (C=O) groups excluding carboxylic acids is 2. The van der Waals surface area contributed by atoms with Crippen molar-refractivity contribution in [1.29, 1.82) is 0 Å². The van der Waals surface area contributed by atoms with E-state index in [-0.39, 0.29) is 23.8 Å². The number of hydrogen-bond acceptors (Lipinski definition) is 21. The minimum Gasteiger partial charge on any atom is -0.469 e. The molecule has 1 amide bonds. The number of aliphatic hydroxyl groups excluding tert-OH is 7. The maximum absolute atomic E-state index is 13.8. The second kappa shape index (κ2) is 22.8. The van der Waals surface area contributed by atoms with E-state index in [9.17, 15) is 68.4 Å². The quantitative estimate of drug-likeness (QED) is 0.0203. The summed E-state index contributed by atoms with van der Waals surface area (Å²) in [5.41, 5.74) is -0.436. The number of amides is 1. The Hall–Kier alpha value is -3.09. The summed E-state index contributed by atoms with van der Waals surface area (Å²) in [6.45, 7) is -0.565. The molecule has 3 aliphatic rings. The average molecular weight is 887 g/mol. The first-order valence-corrected chi connectivity index (χ1v) is 20.6. The Morgan fingerprint density at radius 1 is 0.767 bits per heavy atom. The molecule has 0 aliphatic carbocycles. The van der Waals surface area contributed by atoms with Gasteiger partial charge in [0.2, 0.25) is 0 Å². The van der Waals surface area contributed by atoms with Gasteiger partial charge >= 0.3 is 16.4 Å². The standard InChI is InChI=1S/C35H54N2O22S/c1-17-24(41)26(43)27(44)34(54-17)58-30-23(36-32(46)18-10-12-19(13-11-18)37(47)48)33(53-14-8-6-4-3-5-7-9-22(40)52-2)56-21(16-39)29(30)57-35-28(45)31(59-60(49,50)51)25(42)20(15-38)55-35/h10-13,17,20-21,23-31,33-35,38-39,41-45H,3-9,14-16H2,1-2H3,(H,36,46)(H,49,50,51)/t17-,20+,21+,23+,24+,25-,26+,27-,28+,29+,30+,31-,33+,34-,35-/m0/s1. The van der Waals surface area contributed by atoms with E-state index in [1.807, 2.05) is 0 Å². The molecule has 3 fully saturated rings. The Morgan fingerprint density at radius 2 is 1.35 bits per heavy atom. The number of nitro groups is 1. The van der Waals surface area contributed by atoms with Gasteiger partial charge in [-0.15, -0.1) is 0 Å². The van der Waals surface area contributed by atoms with Crippen LogP contribution in [0, 0.1) is 10.1 Å². The van der Waals surface area contributed by atoms with Gasteiger partial charge in [-0.05, 0) is 31.9 Å². The van der Waals surface area contributed by atoms with Gasteiger partial charge in [0.1, 0.15) is 67.1 Å². The SMILES string of the molecule is COC(=O)CCCCCCCCO[C@@H]1O[C@H](CO)[C@@H](O[C@@H]2O[C@H](CO)[C@H](O)[C@H](OS(=O)(=O)O)[C@H]2O)[C@H](O[C@@H]2O[C@@H](C)[C@@H](O)[C@@H](O)[C@@H]2O)[C@H]1NC(=O)c1ccc([N+](=O)[O-])cc1. The molecular formula is C35H54N2O22S. The first-order chi connectivity index (χ1) is 28.4. The minimum atomic E-state index is -5.34. The first kappa shape index (κ1) is 49.6. The van der Waals surface area contributed by atoms with E-state index in [4.69, 9.17) is 28.4 Å². The van der Waals surface area contributed by atoms with Gasteiger partial charge in [0, 0.05) is 30.7 Å². The van der Waals surface area contributed by atoms with Crippen molar-refractivity contribution in [2.75, 3.05) is 26.9 Å². The number of unbranched alkanes of at least 4 members (excludes halogenated alkanes) is 5. The van der Waals surface area contributed by atoms with Crippen LogP contribution >= 0.6 is 0 Å². The molecule has 0 bridgehead atoms. The van der Waals surface area contributed by atoms with E-state index in [1.54, 1.807) is 0 Å². The molecule has 3 heterocycles. The fraction of sp³-hybridized carbons (Fsp3) is 0.771. The number of ether oxygens (including phenoxy) is 7. The molecule has 15 atom stereocenters. The second-order valence-corrected chi connectivity index (χ2v) is 15.5. The summed E-state index contributed by atoms with van der Waals surface area (Å²) in [4.78, 5) is 35.8. The highest BCUT2D eigenvalue weighted by Gasteiger charge is 2.55. The molecule has 4 rings (SSSR count). The maximum Gasteiger partial charge on any atom is 0.397 e. The van der Waals surface area contributed by atoms with Gasteiger partial charge in [-0.1, -0.05) is 25.7 Å². The van der Waals surface area contributed by atoms with Gasteiger partial charge in [0.25, 0.3) is 11.6 Å². The molecule has 0 spiro atoms. The van der Waals surface area contributed by atoms with E-state index >= 15 is 0 Å². The summed E-state index contributed by atoms with van der Waals surface area (Å²) in [6, 6.07) is 2.87. The molecule has 0 aromatic heterocycles. The predicted octanol–water partition coefficient (Wildman–Crippen LogP) is -2.44. The van der Waals surface area contributed by atoms with Crippen LogP contribution < -0.4 is 5.32 Å². The van der Waals surface area contributed by atoms with Gasteiger partial charge in [-0.2, -0.15) is 8.42 Å². The van der Waals surface area contributed by atoms with Crippen LogP contribution in [0.15, 0.2) is 24.3 Å². The lowest BCUT2D eigenvalue weighted by Crippen LogP contribution is -2.70. The lowest BCUT2D eigenvalue weighted by Gasteiger charge is -2.50. The van der Waals surface area contributed by atoms with Crippen molar-refractivity contribution in [3.05, 3.63) is 39.9 Å². The highest BCUT2D eigenvalue weighted by molar-refractivity contribution is 7.80. The van der Waals surface area contributed by atoms with Crippen LogP contribution in [0.25, 0.3) is 0 Å². The third-order valence-electron chi connectivity index (χ3n) is 10.2. The topological polar surface area (TPSA) is 359 Å². The molecule has 0 unspecified atom stereocenters. The van der Waals surface area contributed by atoms with Crippen molar-refractivity contribution in [1.82, 2.24) is 5.32 Å². The zero-order valence-corrected chi connectivity index (χ0v) is 33.5. The number of aliphatic hydroxyl groups is 7. The van der Waals surface area contributed by atoms with Gasteiger partial charge in [-0.3, -0.25) is 24.3 Å².